The van der Waals surface area contributed by atoms with Gasteiger partial charge in [-0.15, -0.1) is 0 Å². The zero-order chi connectivity index (χ0) is 31.7. The summed E-state index contributed by atoms with van der Waals surface area (Å²) in [5, 5.41) is 21.1. The molecule has 3 aromatic heterocycles. The Hall–Kier alpha value is -3.47. The van der Waals surface area contributed by atoms with Crippen molar-refractivity contribution in [1.82, 2.24) is 30.5 Å². The van der Waals surface area contributed by atoms with E-state index in [4.69, 9.17) is 32.9 Å². The van der Waals surface area contributed by atoms with Gasteiger partial charge in [0.1, 0.15) is 0 Å². The molecule has 0 bridgehead atoms. The first-order chi connectivity index (χ1) is 21.6. The van der Waals surface area contributed by atoms with Gasteiger partial charge in [-0.3, -0.25) is 4.79 Å². The van der Waals surface area contributed by atoms with E-state index in [1.54, 1.807) is 13.3 Å². The molecule has 2 aliphatic rings. The summed E-state index contributed by atoms with van der Waals surface area (Å²) in [5.74, 6) is 1.23. The Morgan fingerprint density at radius 1 is 1.09 bits per heavy atom. The number of hydrogen-bond acceptors (Lipinski definition) is 7. The van der Waals surface area contributed by atoms with E-state index in [1.807, 2.05) is 54.1 Å². The van der Waals surface area contributed by atoms with Crippen LogP contribution in [0.1, 0.15) is 49.4 Å². The first-order valence-corrected chi connectivity index (χ1v) is 16.0. The van der Waals surface area contributed by atoms with Crippen molar-refractivity contribution in [3.63, 3.8) is 0 Å². The first-order valence-electron chi connectivity index (χ1n) is 15.2. The molecule has 0 unspecified atom stereocenters. The quantitative estimate of drug-likeness (QED) is 0.168. The number of amides is 1. The van der Waals surface area contributed by atoms with Crippen LogP contribution in [0.4, 0.5) is 0 Å². The maximum Gasteiger partial charge on any atom is 0.220 e. The number of rotatable bonds is 11. The second-order valence-electron chi connectivity index (χ2n) is 12.3. The van der Waals surface area contributed by atoms with Gasteiger partial charge in [0.2, 0.25) is 11.8 Å². The highest BCUT2D eigenvalue weighted by Gasteiger charge is 2.38. The molecule has 2 fully saturated rings. The molecule has 4 heterocycles. The summed E-state index contributed by atoms with van der Waals surface area (Å²) in [6.07, 6.45) is 6.61. The molecule has 0 spiro atoms. The normalized spacial score (nSPS) is 21.1. The summed E-state index contributed by atoms with van der Waals surface area (Å²) in [6.45, 7) is 5.82. The van der Waals surface area contributed by atoms with E-state index >= 15 is 0 Å². The van der Waals surface area contributed by atoms with Crippen LogP contribution in [0, 0.1) is 6.92 Å². The molecule has 1 saturated carbocycles. The third-order valence-corrected chi connectivity index (χ3v) is 9.52. The minimum Gasteiger partial charge on any atom is -0.481 e. The van der Waals surface area contributed by atoms with Gasteiger partial charge in [-0.1, -0.05) is 47.5 Å². The van der Waals surface area contributed by atoms with Crippen LogP contribution in [0.2, 0.25) is 10.0 Å². The number of pyridine rings is 2. The highest BCUT2D eigenvalue weighted by atomic mass is 35.5. The predicted octanol–water partition coefficient (Wildman–Crippen LogP) is 5.60. The summed E-state index contributed by atoms with van der Waals surface area (Å²) >= 11 is 14.2. The topological polar surface area (TPSA) is 113 Å². The van der Waals surface area contributed by atoms with Crippen molar-refractivity contribution in [1.29, 1.82) is 0 Å². The Kier molecular flexibility index (Phi) is 9.17. The molecule has 45 heavy (non-hydrogen) atoms. The number of aromatic nitrogens is 3. The Bertz CT molecular complexity index is 1710. The molecule has 4 N–H and O–H groups in total. The minimum atomic E-state index is -0.586. The van der Waals surface area contributed by atoms with Gasteiger partial charge in [0.25, 0.3) is 0 Å². The molecule has 1 aromatic carbocycles. The lowest BCUT2D eigenvalue weighted by Crippen LogP contribution is -2.51. The zero-order valence-electron chi connectivity index (χ0n) is 25.7. The summed E-state index contributed by atoms with van der Waals surface area (Å²) in [7, 11) is 1.60. The van der Waals surface area contributed by atoms with E-state index in [-0.39, 0.29) is 18.0 Å². The number of benzene rings is 1. The highest BCUT2D eigenvalue weighted by Crippen LogP contribution is 2.41. The van der Waals surface area contributed by atoms with Gasteiger partial charge in [0.05, 0.1) is 28.5 Å². The third kappa shape index (κ3) is 6.73. The van der Waals surface area contributed by atoms with Gasteiger partial charge >= 0.3 is 0 Å². The predicted molar refractivity (Wildman–Crippen MR) is 177 cm³/mol. The van der Waals surface area contributed by atoms with Crippen molar-refractivity contribution in [2.24, 2.45) is 0 Å². The van der Waals surface area contributed by atoms with Crippen LogP contribution in [0.15, 0.2) is 54.9 Å². The fourth-order valence-corrected chi connectivity index (χ4v) is 6.89. The maximum atomic E-state index is 11.5. The molecule has 1 saturated heterocycles. The molecule has 1 aliphatic heterocycles. The van der Waals surface area contributed by atoms with E-state index in [2.05, 4.69) is 33.9 Å². The van der Waals surface area contributed by atoms with Crippen molar-refractivity contribution in [3.8, 4) is 34.1 Å². The van der Waals surface area contributed by atoms with Crippen LogP contribution in [0.25, 0.3) is 28.2 Å². The highest BCUT2D eigenvalue weighted by molar-refractivity contribution is 6.38. The van der Waals surface area contributed by atoms with Crippen LogP contribution in [0.3, 0.4) is 0 Å². The Balaban J connectivity index is 1.24. The summed E-state index contributed by atoms with van der Waals surface area (Å²) in [6, 6.07) is 14.1. The molecule has 1 aliphatic carbocycles. The molecule has 9 nitrogen and oxygen atoms in total. The Morgan fingerprint density at radius 3 is 2.60 bits per heavy atom. The zero-order valence-corrected chi connectivity index (χ0v) is 27.2. The number of aryl methyl sites for hydroxylation is 1. The van der Waals surface area contributed by atoms with Crippen LogP contribution in [-0.2, 0) is 17.9 Å². The van der Waals surface area contributed by atoms with Crippen molar-refractivity contribution in [3.05, 3.63) is 81.7 Å². The number of hydrogen-bond donors (Lipinski definition) is 4. The molecule has 6 rings (SSSR count). The second kappa shape index (κ2) is 13.1. The van der Waals surface area contributed by atoms with Gasteiger partial charge in [-0.05, 0) is 56.9 Å². The van der Waals surface area contributed by atoms with Crippen LogP contribution in [-0.4, -0.2) is 56.9 Å². The van der Waals surface area contributed by atoms with E-state index in [0.29, 0.717) is 53.5 Å². The number of ether oxygens (including phenoxy) is 1. The molecule has 4 aromatic rings. The molecular formula is C34H38Cl2N6O3. The van der Waals surface area contributed by atoms with Gasteiger partial charge in [0, 0.05) is 78.5 Å². The van der Waals surface area contributed by atoms with Gasteiger partial charge in [-0.2, -0.15) is 0 Å². The average Bonchev–Trinajstić information content (AvgIpc) is 3.59. The number of methoxy groups -OCH3 is 1. The number of aliphatic hydroxyl groups is 1. The third-order valence-electron chi connectivity index (χ3n) is 8.74. The number of carbonyl (C=O) groups is 1. The van der Waals surface area contributed by atoms with Gasteiger partial charge in [-0.25, -0.2) is 9.97 Å². The summed E-state index contributed by atoms with van der Waals surface area (Å²) in [5.41, 5.74) is 5.49. The average molecular weight is 650 g/mol. The first kappa shape index (κ1) is 31.5. The second-order valence-corrected chi connectivity index (χ2v) is 13.0. The maximum absolute atomic E-state index is 11.5. The van der Waals surface area contributed by atoms with Crippen molar-refractivity contribution in [2.45, 2.75) is 70.3 Å². The SMILES string of the molecule is COc1nc(-c2cccc(-c3ccnc(-n4ccc(C)c4CNC4CC(C)(O)C4)c3Cl)c2Cl)ccc1CNC[C@H]1CCC(=O)N1. The van der Waals surface area contributed by atoms with E-state index in [1.165, 1.54) is 0 Å². The van der Waals surface area contributed by atoms with Crippen LogP contribution >= 0.6 is 23.2 Å². The summed E-state index contributed by atoms with van der Waals surface area (Å²) < 4.78 is 7.66. The molecule has 1 atom stereocenters. The number of halogens is 2. The van der Waals surface area contributed by atoms with Gasteiger partial charge < -0.3 is 30.4 Å². The smallest absolute Gasteiger partial charge is 0.220 e. The minimum absolute atomic E-state index is 0.103. The lowest BCUT2D eigenvalue weighted by atomic mass is 9.77. The molecule has 1 amide bonds. The fourth-order valence-electron chi connectivity index (χ4n) is 6.26. The monoisotopic (exact) mass is 648 g/mol. The van der Waals surface area contributed by atoms with Crippen LogP contribution < -0.4 is 20.7 Å². The molecule has 236 valence electrons. The van der Waals surface area contributed by atoms with E-state index in [9.17, 15) is 9.90 Å². The van der Waals surface area contributed by atoms with E-state index < -0.39 is 5.60 Å². The molecule has 11 heteroatoms. The molecule has 0 radical (unpaired) electrons. The van der Waals surface area contributed by atoms with E-state index in [0.717, 1.165) is 52.8 Å². The Labute approximate surface area is 273 Å². The Morgan fingerprint density at radius 2 is 1.87 bits per heavy atom. The number of nitrogens with zero attached hydrogens (tertiary/aromatic N) is 3. The largest absolute Gasteiger partial charge is 0.481 e. The summed E-state index contributed by atoms with van der Waals surface area (Å²) in [4.78, 5) is 20.9. The van der Waals surface area contributed by atoms with Gasteiger partial charge in [0.15, 0.2) is 5.82 Å². The lowest BCUT2D eigenvalue weighted by Gasteiger charge is -2.41. The van der Waals surface area contributed by atoms with Crippen molar-refractivity contribution >= 4 is 29.1 Å². The van der Waals surface area contributed by atoms with Crippen molar-refractivity contribution in [2.75, 3.05) is 13.7 Å². The number of nitrogens with one attached hydrogen (secondary N) is 3. The standard InChI is InChI=1S/C34H38Cl2N6O3/c1-20-12-14-42(28(20)19-39-23-15-34(2,44)16-23)32-31(36)25(11-13-38-32)24-5-4-6-26(30(24)35)27-9-7-21(33(41-27)45-3)17-37-18-22-8-10-29(43)40-22/h4-7,9,11-14,22-23,37,39,44H,8,10,15-19H2,1-3H3,(H,40,43)/t22-,23?,34?/m1/s1. The van der Waals surface area contributed by atoms with Crippen LogP contribution in [0.5, 0.6) is 5.88 Å². The fraction of sp³-hybridized carbons (Fsp3) is 0.382. The molecular weight excluding hydrogens is 611 g/mol. The number of carbonyl (C=O) groups excluding carboxylic acids is 1. The van der Waals surface area contributed by atoms with Crippen molar-refractivity contribution < 1.29 is 14.6 Å². The lowest BCUT2D eigenvalue weighted by molar-refractivity contribution is -0.119.